The highest BCUT2D eigenvalue weighted by molar-refractivity contribution is 7.88. The average Bonchev–Trinajstić information content (AvgIpc) is 3.03. The van der Waals surface area contributed by atoms with Crippen LogP contribution in [0, 0.1) is 0 Å². The first-order valence-corrected chi connectivity index (χ1v) is 9.39. The van der Waals surface area contributed by atoms with E-state index >= 15 is 0 Å². The molecule has 0 saturated carbocycles. The number of hydrogen-bond donors (Lipinski definition) is 2. The number of rotatable bonds is 8. The number of carbonyl (C=O) groups is 1. The number of carbonyl (C=O) groups excluding carboxylic acids is 1. The van der Waals surface area contributed by atoms with Crippen molar-refractivity contribution in [2.24, 2.45) is 0 Å². The van der Waals surface area contributed by atoms with E-state index in [0.717, 1.165) is 17.6 Å². The maximum Gasteiger partial charge on any atom is 0.249 e. The molecule has 10 heteroatoms. The van der Waals surface area contributed by atoms with Crippen LogP contribution in [-0.4, -0.2) is 44.4 Å². The molecule has 0 radical (unpaired) electrons. The second-order valence-corrected chi connectivity index (χ2v) is 7.22. The van der Waals surface area contributed by atoms with Gasteiger partial charge in [-0.05, 0) is 31.2 Å². The van der Waals surface area contributed by atoms with E-state index in [2.05, 4.69) is 20.2 Å². The van der Waals surface area contributed by atoms with Crippen LogP contribution in [0.3, 0.4) is 0 Å². The highest BCUT2D eigenvalue weighted by Gasteiger charge is 2.17. The number of nitrogens with one attached hydrogen (secondary N) is 2. The van der Waals surface area contributed by atoms with Crippen molar-refractivity contribution in [2.45, 2.75) is 19.4 Å². The lowest BCUT2D eigenvalue weighted by molar-refractivity contribution is -0.121. The third-order valence-corrected chi connectivity index (χ3v) is 3.98. The van der Waals surface area contributed by atoms with Crippen LogP contribution in [0.2, 0.25) is 0 Å². The van der Waals surface area contributed by atoms with Gasteiger partial charge in [0.25, 0.3) is 0 Å². The zero-order valence-electron chi connectivity index (χ0n) is 14.1. The van der Waals surface area contributed by atoms with E-state index in [1.807, 2.05) is 0 Å². The summed E-state index contributed by atoms with van der Waals surface area (Å²) < 4.78 is 34.4. The van der Waals surface area contributed by atoms with Crippen LogP contribution in [-0.2, 0) is 14.8 Å². The number of ether oxygens (including phenoxy) is 1. The fraction of sp³-hybridized carbons (Fsp3) is 0.400. The molecule has 0 fully saturated rings. The van der Waals surface area contributed by atoms with Gasteiger partial charge < -0.3 is 14.6 Å². The molecule has 0 aliphatic carbocycles. The maximum atomic E-state index is 11.8. The second kappa shape index (κ2) is 8.08. The van der Waals surface area contributed by atoms with Gasteiger partial charge in [0.15, 0.2) is 0 Å². The minimum atomic E-state index is -3.31. The summed E-state index contributed by atoms with van der Waals surface area (Å²) in [5, 5.41) is 6.57. The Balaban J connectivity index is 1.93. The molecule has 1 amide bonds. The van der Waals surface area contributed by atoms with Crippen LogP contribution in [0.5, 0.6) is 5.75 Å². The van der Waals surface area contributed by atoms with Crippen LogP contribution in [0.1, 0.15) is 25.3 Å². The van der Waals surface area contributed by atoms with Crippen molar-refractivity contribution >= 4 is 15.9 Å². The topological polar surface area (TPSA) is 123 Å². The Hall–Kier alpha value is -2.46. The van der Waals surface area contributed by atoms with Gasteiger partial charge in [0.2, 0.25) is 27.6 Å². The summed E-state index contributed by atoms with van der Waals surface area (Å²) in [7, 11) is -1.73. The van der Waals surface area contributed by atoms with Crippen molar-refractivity contribution in [2.75, 3.05) is 19.9 Å². The van der Waals surface area contributed by atoms with Crippen molar-refractivity contribution in [1.82, 2.24) is 20.2 Å². The summed E-state index contributed by atoms with van der Waals surface area (Å²) in [6.45, 7) is 1.73. The van der Waals surface area contributed by atoms with E-state index in [9.17, 15) is 13.2 Å². The number of methoxy groups -OCH3 is 1. The van der Waals surface area contributed by atoms with E-state index in [-0.39, 0.29) is 24.8 Å². The van der Waals surface area contributed by atoms with Gasteiger partial charge in [0.1, 0.15) is 11.8 Å². The smallest absolute Gasteiger partial charge is 0.249 e. The SMILES string of the molecule is COc1ccc(-c2noc([C@@H](C)NC(=O)CCNS(C)(=O)=O)n2)cc1. The molecule has 0 aliphatic heterocycles. The number of hydrogen-bond acceptors (Lipinski definition) is 7. The van der Waals surface area contributed by atoms with Gasteiger partial charge in [-0.2, -0.15) is 4.98 Å². The number of nitrogens with zero attached hydrogens (tertiary/aromatic N) is 2. The summed E-state index contributed by atoms with van der Waals surface area (Å²) >= 11 is 0. The van der Waals surface area contributed by atoms with Crippen molar-refractivity contribution in [3.8, 4) is 17.1 Å². The van der Waals surface area contributed by atoms with Crippen molar-refractivity contribution < 1.29 is 22.5 Å². The highest BCUT2D eigenvalue weighted by Crippen LogP contribution is 2.21. The Morgan fingerprint density at radius 1 is 1.32 bits per heavy atom. The molecule has 9 nitrogen and oxygen atoms in total. The van der Waals surface area contributed by atoms with Crippen LogP contribution in [0.4, 0.5) is 0 Å². The Bertz CT molecular complexity index is 817. The van der Waals surface area contributed by atoms with E-state index < -0.39 is 16.1 Å². The van der Waals surface area contributed by atoms with E-state index in [4.69, 9.17) is 9.26 Å². The summed E-state index contributed by atoms with van der Waals surface area (Å²) in [5.74, 6) is 1.05. The summed E-state index contributed by atoms with van der Waals surface area (Å²) in [6, 6.07) is 6.67. The predicted octanol–water partition coefficient (Wildman–Crippen LogP) is 0.862. The van der Waals surface area contributed by atoms with Gasteiger partial charge in [-0.25, -0.2) is 13.1 Å². The third-order valence-electron chi connectivity index (χ3n) is 3.25. The quantitative estimate of drug-likeness (QED) is 0.708. The van der Waals surface area contributed by atoms with Crippen LogP contribution >= 0.6 is 0 Å². The lowest BCUT2D eigenvalue weighted by Gasteiger charge is -2.09. The Morgan fingerprint density at radius 2 is 2.00 bits per heavy atom. The molecular formula is C15H20N4O5S. The van der Waals surface area contributed by atoms with Gasteiger partial charge in [-0.1, -0.05) is 5.16 Å². The summed E-state index contributed by atoms with van der Waals surface area (Å²) in [4.78, 5) is 16.1. The normalized spacial score (nSPS) is 12.6. The van der Waals surface area contributed by atoms with E-state index in [1.165, 1.54) is 0 Å². The first-order chi connectivity index (χ1) is 11.8. The maximum absolute atomic E-state index is 11.8. The molecule has 0 aliphatic rings. The average molecular weight is 368 g/mol. The van der Waals surface area contributed by atoms with E-state index in [1.54, 1.807) is 38.3 Å². The van der Waals surface area contributed by atoms with Gasteiger partial charge in [0.05, 0.1) is 13.4 Å². The first-order valence-electron chi connectivity index (χ1n) is 7.50. The van der Waals surface area contributed by atoms with Crippen molar-refractivity contribution in [1.29, 1.82) is 0 Å². The molecule has 1 aromatic carbocycles. The van der Waals surface area contributed by atoms with Crippen LogP contribution < -0.4 is 14.8 Å². The Morgan fingerprint density at radius 3 is 2.60 bits per heavy atom. The van der Waals surface area contributed by atoms with Gasteiger partial charge in [-0.15, -0.1) is 0 Å². The predicted molar refractivity (Wildman–Crippen MR) is 90.3 cm³/mol. The standard InChI is InChI=1S/C15H20N4O5S/c1-10(17-13(20)8-9-16-25(3,21)22)15-18-14(19-24-15)11-4-6-12(23-2)7-5-11/h4-7,10,16H,8-9H2,1-3H3,(H,17,20)/t10-/m1/s1. The number of sulfonamides is 1. The van der Waals surface area contributed by atoms with Crippen LogP contribution in [0.15, 0.2) is 28.8 Å². The Labute approximate surface area is 145 Å². The summed E-state index contributed by atoms with van der Waals surface area (Å²) in [5.41, 5.74) is 0.756. The molecule has 1 aromatic heterocycles. The van der Waals surface area contributed by atoms with Crippen LogP contribution in [0.25, 0.3) is 11.4 Å². The molecule has 136 valence electrons. The fourth-order valence-corrected chi connectivity index (χ4v) is 2.47. The van der Waals surface area contributed by atoms with Crippen molar-refractivity contribution in [3.05, 3.63) is 30.2 Å². The van der Waals surface area contributed by atoms with Gasteiger partial charge in [0, 0.05) is 18.5 Å². The lowest BCUT2D eigenvalue weighted by atomic mass is 10.2. The minimum absolute atomic E-state index is 0.0108. The first kappa shape index (κ1) is 18.9. The summed E-state index contributed by atoms with van der Waals surface area (Å²) in [6.07, 6.45) is 1.05. The fourth-order valence-electron chi connectivity index (χ4n) is 1.99. The Kier molecular flexibility index (Phi) is 6.10. The monoisotopic (exact) mass is 368 g/mol. The molecule has 2 N–H and O–H groups in total. The highest BCUT2D eigenvalue weighted by atomic mass is 32.2. The molecule has 0 saturated heterocycles. The molecule has 0 bridgehead atoms. The number of aromatic nitrogens is 2. The zero-order chi connectivity index (χ0) is 18.4. The molecular weight excluding hydrogens is 348 g/mol. The molecule has 2 rings (SSSR count). The molecule has 1 heterocycles. The van der Waals surface area contributed by atoms with Crippen molar-refractivity contribution in [3.63, 3.8) is 0 Å². The minimum Gasteiger partial charge on any atom is -0.497 e. The molecule has 0 unspecified atom stereocenters. The second-order valence-electron chi connectivity index (χ2n) is 5.39. The number of benzene rings is 1. The molecule has 25 heavy (non-hydrogen) atoms. The lowest BCUT2D eigenvalue weighted by Crippen LogP contribution is -2.31. The van der Waals surface area contributed by atoms with Gasteiger partial charge in [-0.3, -0.25) is 4.79 Å². The molecule has 2 aromatic rings. The largest absolute Gasteiger partial charge is 0.497 e. The van der Waals surface area contributed by atoms with Gasteiger partial charge >= 0.3 is 0 Å². The number of amides is 1. The van der Waals surface area contributed by atoms with E-state index in [0.29, 0.717) is 5.82 Å². The molecule has 1 atom stereocenters. The third kappa shape index (κ3) is 5.84. The zero-order valence-corrected chi connectivity index (χ0v) is 15.0. The molecule has 0 spiro atoms.